The van der Waals surface area contributed by atoms with E-state index in [1.165, 1.54) is 19.2 Å². The fourth-order valence-corrected chi connectivity index (χ4v) is 4.10. The van der Waals surface area contributed by atoms with E-state index in [2.05, 4.69) is 10.0 Å². The van der Waals surface area contributed by atoms with E-state index in [4.69, 9.17) is 0 Å². The van der Waals surface area contributed by atoms with Crippen LogP contribution in [0.3, 0.4) is 0 Å². The maximum absolute atomic E-state index is 14.0. The van der Waals surface area contributed by atoms with Gasteiger partial charge in [0, 0.05) is 29.8 Å². The third-order valence-corrected chi connectivity index (χ3v) is 5.90. The van der Waals surface area contributed by atoms with E-state index >= 15 is 0 Å². The van der Waals surface area contributed by atoms with Crippen LogP contribution in [0.2, 0.25) is 0 Å². The fourth-order valence-electron chi connectivity index (χ4n) is 2.11. The second kappa shape index (κ2) is 9.11. The summed E-state index contributed by atoms with van der Waals surface area (Å²) >= 11 is 1.11. The van der Waals surface area contributed by atoms with Crippen molar-refractivity contribution in [1.29, 1.82) is 0 Å². The molecule has 0 aromatic heterocycles. The minimum atomic E-state index is -3.61. The van der Waals surface area contributed by atoms with Crippen LogP contribution in [0.4, 0.5) is 8.78 Å². The quantitative estimate of drug-likeness (QED) is 0.527. The lowest BCUT2D eigenvalue weighted by Crippen LogP contribution is -2.26. The molecular weight excluding hydrogens is 382 g/mol. The molecule has 26 heavy (non-hydrogen) atoms. The normalized spacial score (nSPS) is 11.3. The number of sulfonamides is 1. The van der Waals surface area contributed by atoms with Gasteiger partial charge in [-0.15, -0.1) is 11.8 Å². The maximum atomic E-state index is 14.0. The Bertz CT molecular complexity index is 852. The van der Waals surface area contributed by atoms with Crippen molar-refractivity contribution < 1.29 is 22.0 Å². The summed E-state index contributed by atoms with van der Waals surface area (Å²) < 4.78 is 54.5. The lowest BCUT2D eigenvalue weighted by molar-refractivity contribution is -0.120. The Labute approximate surface area is 155 Å². The lowest BCUT2D eigenvalue weighted by atomic mass is 10.1. The Morgan fingerprint density at radius 3 is 2.31 bits per heavy atom. The molecule has 0 saturated carbocycles. The molecular formula is C17H18F2N2O3S2. The highest BCUT2D eigenvalue weighted by Gasteiger charge is 2.15. The number of hydrogen-bond acceptors (Lipinski definition) is 4. The third-order valence-electron chi connectivity index (χ3n) is 3.45. The second-order valence-electron chi connectivity index (χ2n) is 5.27. The van der Waals surface area contributed by atoms with Gasteiger partial charge in [-0.05, 0) is 24.3 Å². The van der Waals surface area contributed by atoms with Gasteiger partial charge in [0.2, 0.25) is 15.9 Å². The average Bonchev–Trinajstić information content (AvgIpc) is 2.62. The minimum Gasteiger partial charge on any atom is -0.359 e. The molecule has 140 valence electrons. The van der Waals surface area contributed by atoms with Gasteiger partial charge in [-0.25, -0.2) is 21.9 Å². The van der Waals surface area contributed by atoms with Crippen molar-refractivity contribution in [3.8, 4) is 0 Å². The number of halogens is 2. The van der Waals surface area contributed by atoms with Crippen LogP contribution in [0.15, 0.2) is 52.3 Å². The van der Waals surface area contributed by atoms with Gasteiger partial charge in [0.1, 0.15) is 11.6 Å². The molecule has 2 aromatic rings. The summed E-state index contributed by atoms with van der Waals surface area (Å²) in [6.45, 7) is 0.102. The minimum absolute atomic E-state index is 0.102. The first-order chi connectivity index (χ1) is 12.3. The molecule has 2 rings (SSSR count). The van der Waals surface area contributed by atoms with Gasteiger partial charge in [-0.1, -0.05) is 18.2 Å². The highest BCUT2D eigenvalue weighted by Crippen LogP contribution is 2.24. The molecule has 0 radical (unpaired) electrons. The average molecular weight is 400 g/mol. The molecule has 0 heterocycles. The molecule has 1 amide bonds. The molecule has 0 aliphatic heterocycles. The van der Waals surface area contributed by atoms with Crippen molar-refractivity contribution in [3.63, 3.8) is 0 Å². The molecule has 2 N–H and O–H groups in total. The van der Waals surface area contributed by atoms with E-state index in [9.17, 15) is 22.0 Å². The number of carbonyl (C=O) groups is 1. The van der Waals surface area contributed by atoms with Crippen molar-refractivity contribution in [2.75, 3.05) is 19.3 Å². The molecule has 0 aliphatic rings. The summed E-state index contributed by atoms with van der Waals surface area (Å²) in [5.74, 6) is -1.81. The zero-order chi connectivity index (χ0) is 19.2. The first-order valence-electron chi connectivity index (χ1n) is 7.69. The highest BCUT2D eigenvalue weighted by molar-refractivity contribution is 7.99. The van der Waals surface area contributed by atoms with Crippen molar-refractivity contribution in [1.82, 2.24) is 10.0 Å². The van der Waals surface area contributed by atoms with Gasteiger partial charge >= 0.3 is 0 Å². The molecule has 5 nitrogen and oxygen atoms in total. The summed E-state index contributed by atoms with van der Waals surface area (Å²) in [6.07, 6.45) is -0.379. The van der Waals surface area contributed by atoms with Crippen LogP contribution < -0.4 is 10.0 Å². The predicted octanol–water partition coefficient (Wildman–Crippen LogP) is 2.32. The number of nitrogens with one attached hydrogen (secondary N) is 2. The van der Waals surface area contributed by atoms with Crippen LogP contribution in [-0.4, -0.2) is 33.7 Å². The Morgan fingerprint density at radius 2 is 1.73 bits per heavy atom. The van der Waals surface area contributed by atoms with Crippen molar-refractivity contribution >= 4 is 27.7 Å². The van der Waals surface area contributed by atoms with Crippen LogP contribution in [0, 0.1) is 11.6 Å². The maximum Gasteiger partial charge on any atom is 0.240 e. The molecule has 0 unspecified atom stereocenters. The number of amides is 1. The molecule has 0 spiro atoms. The largest absolute Gasteiger partial charge is 0.359 e. The van der Waals surface area contributed by atoms with Gasteiger partial charge < -0.3 is 5.32 Å². The Morgan fingerprint density at radius 1 is 1.12 bits per heavy atom. The van der Waals surface area contributed by atoms with Crippen molar-refractivity contribution in [2.24, 2.45) is 0 Å². The number of hydrogen-bond donors (Lipinski definition) is 2. The van der Waals surface area contributed by atoms with E-state index < -0.39 is 27.6 Å². The number of carbonyl (C=O) groups excluding carboxylic acids is 1. The smallest absolute Gasteiger partial charge is 0.240 e. The Kier molecular flexibility index (Phi) is 7.13. The predicted molar refractivity (Wildman–Crippen MR) is 96.5 cm³/mol. The van der Waals surface area contributed by atoms with Crippen LogP contribution in [-0.2, 0) is 21.2 Å². The zero-order valence-corrected chi connectivity index (χ0v) is 15.6. The van der Waals surface area contributed by atoms with Crippen LogP contribution in [0.25, 0.3) is 0 Å². The summed E-state index contributed by atoms with van der Waals surface area (Å²) in [5.41, 5.74) is -0.293. The van der Waals surface area contributed by atoms with Crippen molar-refractivity contribution in [3.05, 3.63) is 59.7 Å². The SMILES string of the molecule is CNC(=O)Cc1c(F)cc(SCCNS(=O)(=O)c2ccccc2)cc1F. The number of rotatable bonds is 8. The monoisotopic (exact) mass is 400 g/mol. The van der Waals surface area contributed by atoms with E-state index in [0.717, 1.165) is 23.9 Å². The Hall–Kier alpha value is -1.97. The molecule has 0 saturated heterocycles. The molecule has 9 heteroatoms. The van der Waals surface area contributed by atoms with Crippen LogP contribution >= 0.6 is 11.8 Å². The van der Waals surface area contributed by atoms with Gasteiger partial charge in [0.15, 0.2) is 0 Å². The second-order valence-corrected chi connectivity index (χ2v) is 8.21. The lowest BCUT2D eigenvalue weighted by Gasteiger charge is -2.09. The zero-order valence-electron chi connectivity index (χ0n) is 14.0. The van der Waals surface area contributed by atoms with Gasteiger partial charge in [-0.3, -0.25) is 4.79 Å². The molecule has 0 aliphatic carbocycles. The summed E-state index contributed by atoms with van der Waals surface area (Å²) in [7, 11) is -2.22. The topological polar surface area (TPSA) is 75.3 Å². The number of benzene rings is 2. The standard InChI is InChI=1S/C17H18F2N2O3S2/c1-20-17(22)11-14-15(18)9-12(10-16(14)19)25-8-7-21-26(23,24)13-5-3-2-4-6-13/h2-6,9-10,21H,7-8,11H2,1H3,(H,20,22). The van der Waals surface area contributed by atoms with Gasteiger partial charge in [0.25, 0.3) is 0 Å². The van der Waals surface area contributed by atoms with E-state index in [1.54, 1.807) is 18.2 Å². The first kappa shape index (κ1) is 20.3. The fraction of sp³-hybridized carbons (Fsp3) is 0.235. The van der Waals surface area contributed by atoms with Crippen LogP contribution in [0.1, 0.15) is 5.56 Å². The Balaban J connectivity index is 1.93. The van der Waals surface area contributed by atoms with Crippen LogP contribution in [0.5, 0.6) is 0 Å². The number of likely N-dealkylation sites (N-methyl/N-ethyl adjacent to an activating group) is 1. The van der Waals surface area contributed by atoms with E-state index in [-0.39, 0.29) is 23.4 Å². The number of thioether (sulfide) groups is 1. The summed E-state index contributed by atoms with van der Waals surface area (Å²) in [4.78, 5) is 11.8. The summed E-state index contributed by atoms with van der Waals surface area (Å²) in [6, 6.07) is 10.2. The first-order valence-corrected chi connectivity index (χ1v) is 10.2. The van der Waals surface area contributed by atoms with Gasteiger partial charge in [0.05, 0.1) is 11.3 Å². The third kappa shape index (κ3) is 5.52. The molecule has 0 atom stereocenters. The molecule has 2 aromatic carbocycles. The highest BCUT2D eigenvalue weighted by atomic mass is 32.2. The van der Waals surface area contributed by atoms with Gasteiger partial charge in [-0.2, -0.15) is 0 Å². The summed E-state index contributed by atoms with van der Waals surface area (Å²) in [5, 5.41) is 2.31. The molecule has 0 bridgehead atoms. The van der Waals surface area contributed by atoms with E-state index in [1.807, 2.05) is 0 Å². The van der Waals surface area contributed by atoms with Crippen molar-refractivity contribution in [2.45, 2.75) is 16.2 Å². The molecule has 0 fully saturated rings. The van der Waals surface area contributed by atoms with E-state index in [0.29, 0.717) is 10.6 Å².